The lowest BCUT2D eigenvalue weighted by atomic mass is 9.81. The highest BCUT2D eigenvalue weighted by Gasteiger charge is 2.57. The molecule has 0 aromatic rings. The number of rotatable bonds is 47. The number of carbonyl (C=O) groups is 8. The average molecular weight is 1500 g/mol. The summed E-state index contributed by atoms with van der Waals surface area (Å²) in [4.78, 5) is 115. The minimum atomic E-state index is -2.60. The molecule has 4 aliphatic rings. The van der Waals surface area contributed by atoms with E-state index >= 15 is 4.79 Å². The van der Waals surface area contributed by atoms with Gasteiger partial charge in [-0.15, -0.1) is 6.58 Å². The number of methoxy groups -OCH3 is 3. The molecule has 0 spiro atoms. The molecular formula is C86H145NO19. The van der Waals surface area contributed by atoms with E-state index in [0.717, 1.165) is 49.0 Å². The Bertz CT molecular complexity index is 2580. The van der Waals surface area contributed by atoms with Gasteiger partial charge in [0.25, 0.3) is 11.7 Å². The largest absolute Gasteiger partial charge is 0.462 e. The molecule has 106 heavy (non-hydrogen) atoms. The zero-order valence-electron chi connectivity index (χ0n) is 67.5. The molecule has 20 nitrogen and oxygen atoms in total. The van der Waals surface area contributed by atoms with Crippen molar-refractivity contribution in [1.82, 2.24) is 4.90 Å². The van der Waals surface area contributed by atoms with Crippen LogP contribution in [0.15, 0.2) is 36.0 Å². The van der Waals surface area contributed by atoms with Crippen LogP contribution in [0.25, 0.3) is 0 Å². The van der Waals surface area contributed by atoms with Crippen LogP contribution in [-0.4, -0.2) is 164 Å². The number of ether oxygens (including phenoxy) is 9. The van der Waals surface area contributed by atoms with Gasteiger partial charge in [0.1, 0.15) is 43.4 Å². The van der Waals surface area contributed by atoms with E-state index in [1.54, 1.807) is 34.0 Å². The first-order valence-corrected chi connectivity index (χ1v) is 42.0. The van der Waals surface area contributed by atoms with Crippen LogP contribution in [0.1, 0.15) is 331 Å². The van der Waals surface area contributed by atoms with Crippen LogP contribution in [0, 0.1) is 29.6 Å². The Morgan fingerprint density at radius 3 is 1.60 bits per heavy atom. The number of aliphatic hydroxyl groups excluding tert-OH is 1. The van der Waals surface area contributed by atoms with Gasteiger partial charge in [0, 0.05) is 77.7 Å². The van der Waals surface area contributed by atoms with Crippen molar-refractivity contribution in [2.24, 2.45) is 29.6 Å². The number of amides is 1. The first kappa shape index (κ1) is 93.5. The van der Waals surface area contributed by atoms with E-state index in [0.29, 0.717) is 82.6 Å². The first-order valence-electron chi connectivity index (χ1n) is 42.0. The quantitative estimate of drug-likeness (QED) is 0.0188. The fourth-order valence-corrected chi connectivity index (χ4v) is 16.0. The van der Waals surface area contributed by atoms with Crippen LogP contribution in [0.3, 0.4) is 0 Å². The second-order valence-corrected chi connectivity index (χ2v) is 31.8. The minimum absolute atomic E-state index is 0.00986. The summed E-state index contributed by atoms with van der Waals surface area (Å²) in [6.07, 6.45) is 34.6. The number of fused-ring (bicyclic) bond motifs is 3. The van der Waals surface area contributed by atoms with Crippen molar-refractivity contribution in [1.29, 1.82) is 0 Å². The molecule has 1 aliphatic carbocycles. The van der Waals surface area contributed by atoms with Crippen LogP contribution in [0.4, 0.5) is 0 Å². The van der Waals surface area contributed by atoms with E-state index in [4.69, 9.17) is 42.6 Å². The first-order chi connectivity index (χ1) is 51.0. The summed E-state index contributed by atoms with van der Waals surface area (Å²) in [5.41, 5.74) is 1.46. The maximum atomic E-state index is 15.1. The van der Waals surface area contributed by atoms with Crippen molar-refractivity contribution in [2.75, 3.05) is 41.1 Å². The Hall–Kier alpha value is -4.86. The van der Waals surface area contributed by atoms with Gasteiger partial charge < -0.3 is 57.7 Å². The number of cyclic esters (lactones) is 1. The van der Waals surface area contributed by atoms with Gasteiger partial charge in [-0.1, -0.05) is 219 Å². The minimum Gasteiger partial charge on any atom is -0.462 e. The lowest BCUT2D eigenvalue weighted by molar-refractivity contribution is -0.302. The number of piperidine rings is 1. The maximum Gasteiger partial charge on any atom is 0.329 e. The third-order valence-electron chi connectivity index (χ3n) is 22.5. The lowest BCUT2D eigenvalue weighted by Gasteiger charge is -2.47. The predicted octanol–water partition coefficient (Wildman–Crippen LogP) is 17.1. The van der Waals surface area contributed by atoms with Crippen molar-refractivity contribution in [3.8, 4) is 0 Å². The molecule has 1 unspecified atom stereocenters. The number of allylic oxidation sites excluding steroid dienone is 4. The van der Waals surface area contributed by atoms with Gasteiger partial charge in [0.2, 0.25) is 5.79 Å². The number of nitrogens with zero attached hydrogens (tertiary/aromatic N) is 1. The summed E-state index contributed by atoms with van der Waals surface area (Å²) in [5, 5.41) is 23.2. The smallest absolute Gasteiger partial charge is 0.329 e. The monoisotopic (exact) mass is 1500 g/mol. The van der Waals surface area contributed by atoms with Crippen molar-refractivity contribution < 1.29 is 91.2 Å². The number of carbonyl (C=O) groups excluding carboxylic acids is 8. The van der Waals surface area contributed by atoms with Crippen molar-refractivity contribution in [2.45, 2.75) is 392 Å². The van der Waals surface area contributed by atoms with E-state index in [1.807, 2.05) is 26.0 Å². The molecule has 2 N–H and O–H groups in total. The van der Waals surface area contributed by atoms with Crippen molar-refractivity contribution in [3.05, 3.63) is 36.0 Å². The fraction of sp³-hybridized carbons (Fsp3) is 0.837. The molecule has 3 aliphatic heterocycles. The number of hydrogen-bond donors (Lipinski definition) is 2. The Morgan fingerprint density at radius 2 is 1.09 bits per heavy atom. The van der Waals surface area contributed by atoms with Crippen LogP contribution >= 0.6 is 0 Å². The summed E-state index contributed by atoms with van der Waals surface area (Å²) in [5.74, 6) is -10.7. The SMILES string of the molecule is C=CC[C@@H]1/C=C(\C)C[C@H](C)C[C@H](OC)C2O[C@@](O)(C(=O)C(=O)N3CCCC[C@H]3C(=O)O[C@H](/C(C)=C/[C@@H]3CC[C@@H](O)[C@H](OC)C3)[C@H](C)[C@@H](OC(=O)CCCCCC(=O)OC(COC(=O)CCCCCCCCCCCCCCC)COC(=O)CCCCCCCCCCCCCCC)CC1=O)[C@H](C)C[C@@H]2OC. The molecule has 3 heterocycles. The summed E-state index contributed by atoms with van der Waals surface area (Å²) in [7, 11) is 4.57. The molecule has 14 atom stereocenters. The van der Waals surface area contributed by atoms with Gasteiger partial charge in [-0.2, -0.15) is 0 Å². The highest BCUT2D eigenvalue weighted by Crippen LogP contribution is 2.40. The molecule has 3 fully saturated rings. The highest BCUT2D eigenvalue weighted by molar-refractivity contribution is 6.39. The van der Waals surface area contributed by atoms with Gasteiger partial charge in [-0.25, -0.2) is 4.79 Å². The summed E-state index contributed by atoms with van der Waals surface area (Å²) in [6.45, 7) is 17.1. The van der Waals surface area contributed by atoms with Crippen LogP contribution in [0.5, 0.6) is 0 Å². The standard InChI is InChI=1S/C86H145NO19/c1-12-15-17-19-21-23-25-27-29-31-33-35-38-46-77(90)101-60-69(61-102-78(91)47-39-36-34-32-30-28-26-24-22-20-18-16-13-2)103-79(92)48-40-37-41-49-80(93)104-73-59-72(89)68(44-14-3)54-62(4)53-63(5)55-75(99-10)82-76(100-11)57-65(7)86(97,106-82)83(94)84(95)87-52-43-42-45-70(87)85(96)105-81(66(73)8)64(6)56-67-50-51-71(88)74(58-67)98-9/h14,54,56,63,65-71,73-76,81-82,88,97H,3,12-13,15-53,55,57-61H2,1-2,4-11H3/b62-54+,64-56+/t63-,65+,66+,67-,68+,70-,71+,73-,74+,75-,76-,81+,82?,86+/m0/s1. The third kappa shape index (κ3) is 35.0. The molecule has 2 bridgehead atoms. The predicted molar refractivity (Wildman–Crippen MR) is 412 cm³/mol. The van der Waals surface area contributed by atoms with Crippen LogP contribution in [-0.2, 0) is 81.0 Å². The molecule has 2 saturated heterocycles. The number of unbranched alkanes of at least 4 members (excludes halogenated alkanes) is 26. The molecule has 1 saturated carbocycles. The van der Waals surface area contributed by atoms with E-state index in [2.05, 4.69) is 20.4 Å². The molecule has 0 aromatic heterocycles. The molecule has 0 aromatic carbocycles. The number of ketones is 2. The molecule has 608 valence electrons. The number of aliphatic hydroxyl groups is 2. The molecular weight excluding hydrogens is 1350 g/mol. The molecule has 1 amide bonds. The van der Waals surface area contributed by atoms with Crippen LogP contribution in [0.2, 0.25) is 0 Å². The lowest BCUT2D eigenvalue weighted by Crippen LogP contribution is -2.64. The Morgan fingerprint density at radius 1 is 0.613 bits per heavy atom. The molecule has 4 rings (SSSR count). The number of hydrogen-bond acceptors (Lipinski definition) is 19. The number of Topliss-reactive ketones (excluding diaryl/α,β-unsaturated/α-hetero) is 2. The van der Waals surface area contributed by atoms with E-state index in [1.165, 1.54) is 130 Å². The average Bonchev–Trinajstić information content (AvgIpc) is 0.776. The second-order valence-electron chi connectivity index (χ2n) is 31.8. The zero-order valence-corrected chi connectivity index (χ0v) is 67.5. The van der Waals surface area contributed by atoms with Gasteiger partial charge in [-0.05, 0) is 121 Å². The van der Waals surface area contributed by atoms with Gasteiger partial charge in [0.05, 0.1) is 24.4 Å². The van der Waals surface area contributed by atoms with Gasteiger partial charge in [-0.3, -0.25) is 33.6 Å². The maximum absolute atomic E-state index is 15.1. The fourth-order valence-electron chi connectivity index (χ4n) is 16.0. The summed E-state index contributed by atoms with van der Waals surface area (Å²) < 4.78 is 54.1. The van der Waals surface area contributed by atoms with E-state index in [9.17, 15) is 43.8 Å². The van der Waals surface area contributed by atoms with Gasteiger partial charge in [0.15, 0.2) is 6.10 Å². The summed E-state index contributed by atoms with van der Waals surface area (Å²) in [6, 6.07) is -1.26. The third-order valence-corrected chi connectivity index (χ3v) is 22.5. The van der Waals surface area contributed by atoms with Gasteiger partial charge >= 0.3 is 29.8 Å². The zero-order chi connectivity index (χ0) is 77.7. The highest BCUT2D eigenvalue weighted by atomic mass is 16.7. The van der Waals surface area contributed by atoms with E-state index < -0.39 is 120 Å². The van der Waals surface area contributed by atoms with Crippen LogP contribution < -0.4 is 0 Å². The Balaban J connectivity index is 1.51. The normalized spacial score (nSPS) is 27.3. The summed E-state index contributed by atoms with van der Waals surface area (Å²) >= 11 is 0. The van der Waals surface area contributed by atoms with E-state index in [-0.39, 0.29) is 88.7 Å². The van der Waals surface area contributed by atoms with Crippen molar-refractivity contribution in [3.63, 3.8) is 0 Å². The topological polar surface area (TPSA) is 263 Å². The molecule has 0 radical (unpaired) electrons. The Labute approximate surface area is 638 Å². The Kier molecular flexibility index (Phi) is 47.5. The molecule has 20 heteroatoms. The number of esters is 5. The van der Waals surface area contributed by atoms with Crippen molar-refractivity contribution >= 4 is 47.3 Å². The second kappa shape index (κ2) is 53.9.